The molecule has 1 amide bonds. The third-order valence-corrected chi connectivity index (χ3v) is 4.29. The zero-order valence-electron chi connectivity index (χ0n) is 14.2. The molecule has 0 aromatic heterocycles. The Morgan fingerprint density at radius 1 is 1.04 bits per heavy atom. The van der Waals surface area contributed by atoms with Crippen LogP contribution in [0.25, 0.3) is 0 Å². The van der Waals surface area contributed by atoms with Crippen molar-refractivity contribution >= 4 is 17.3 Å². The van der Waals surface area contributed by atoms with Gasteiger partial charge in [0.25, 0.3) is 5.91 Å². The topological polar surface area (TPSA) is 41.6 Å². The molecule has 4 nitrogen and oxygen atoms in total. The van der Waals surface area contributed by atoms with E-state index in [0.717, 1.165) is 18.8 Å². The number of hydrogen-bond acceptors (Lipinski definition) is 3. The number of carbonyl (C=O) groups is 1. The highest BCUT2D eigenvalue weighted by molar-refractivity contribution is 5.92. The molecule has 1 N–H and O–H groups in total. The Morgan fingerprint density at radius 3 is 2.44 bits per heavy atom. The lowest BCUT2D eigenvalue weighted by molar-refractivity contribution is -0.118. The van der Waals surface area contributed by atoms with Gasteiger partial charge in [-0.3, -0.25) is 4.79 Å². The quantitative estimate of drug-likeness (QED) is 0.884. The molecule has 3 rings (SSSR count). The van der Waals surface area contributed by atoms with E-state index in [1.807, 2.05) is 24.3 Å². The third kappa shape index (κ3) is 5.21. The Hall–Kier alpha value is -2.56. The molecule has 1 aliphatic heterocycles. The summed E-state index contributed by atoms with van der Waals surface area (Å²) in [5.74, 6) is -0.319. The molecule has 0 unspecified atom stereocenters. The summed E-state index contributed by atoms with van der Waals surface area (Å²) in [6.45, 7) is 2.03. The molecule has 0 spiro atoms. The predicted octanol–water partition coefficient (Wildman–Crippen LogP) is 4.22. The van der Waals surface area contributed by atoms with Crippen LogP contribution in [-0.4, -0.2) is 25.6 Å². The van der Waals surface area contributed by atoms with Crippen molar-refractivity contribution in [2.24, 2.45) is 0 Å². The van der Waals surface area contributed by atoms with Crippen molar-refractivity contribution in [3.63, 3.8) is 0 Å². The number of amides is 1. The highest BCUT2D eigenvalue weighted by Crippen LogP contribution is 2.21. The van der Waals surface area contributed by atoms with Crippen LogP contribution in [-0.2, 0) is 4.79 Å². The molecule has 2 aromatic rings. The molecule has 1 aliphatic rings. The van der Waals surface area contributed by atoms with E-state index in [1.54, 1.807) is 12.1 Å². The maximum atomic E-state index is 13.1. The molecule has 0 aliphatic carbocycles. The fourth-order valence-electron chi connectivity index (χ4n) is 2.99. The van der Waals surface area contributed by atoms with E-state index in [1.165, 1.54) is 43.5 Å². The van der Waals surface area contributed by atoms with Gasteiger partial charge in [-0.25, -0.2) is 4.39 Å². The zero-order chi connectivity index (χ0) is 17.5. The average Bonchev–Trinajstić information content (AvgIpc) is 2.90. The van der Waals surface area contributed by atoms with Crippen molar-refractivity contribution in [2.45, 2.75) is 25.7 Å². The summed E-state index contributed by atoms with van der Waals surface area (Å²) in [4.78, 5) is 14.4. The molecule has 0 bridgehead atoms. The smallest absolute Gasteiger partial charge is 0.262 e. The number of anilines is 2. The van der Waals surface area contributed by atoms with Gasteiger partial charge in [0.15, 0.2) is 6.61 Å². The summed E-state index contributed by atoms with van der Waals surface area (Å²) in [7, 11) is 0. The number of benzene rings is 2. The lowest BCUT2D eigenvalue weighted by Gasteiger charge is -2.22. The van der Waals surface area contributed by atoms with Crippen LogP contribution in [0, 0.1) is 5.82 Å². The Kier molecular flexibility index (Phi) is 5.88. The standard InChI is InChI=1S/C20H23FN2O2/c21-16-6-5-7-19(14-16)25-15-20(24)22-17-8-10-18(11-9-17)23-12-3-1-2-4-13-23/h5-11,14H,1-4,12-13,15H2,(H,22,24). The maximum Gasteiger partial charge on any atom is 0.262 e. The normalized spacial score (nSPS) is 14.7. The molecule has 1 fully saturated rings. The number of hydrogen-bond donors (Lipinski definition) is 1. The molecule has 1 saturated heterocycles. The fraction of sp³-hybridized carbons (Fsp3) is 0.350. The van der Waals surface area contributed by atoms with E-state index in [0.29, 0.717) is 5.75 Å². The van der Waals surface area contributed by atoms with Crippen molar-refractivity contribution in [1.29, 1.82) is 0 Å². The molecule has 5 heteroatoms. The molecule has 1 heterocycles. The first-order valence-electron chi connectivity index (χ1n) is 8.74. The number of nitrogens with one attached hydrogen (secondary N) is 1. The van der Waals surface area contributed by atoms with E-state index < -0.39 is 0 Å². The summed E-state index contributed by atoms with van der Waals surface area (Å²) < 4.78 is 18.4. The second-order valence-corrected chi connectivity index (χ2v) is 6.24. The maximum absolute atomic E-state index is 13.1. The minimum Gasteiger partial charge on any atom is -0.484 e. The van der Waals surface area contributed by atoms with Crippen LogP contribution >= 0.6 is 0 Å². The Bertz CT molecular complexity index is 695. The molecule has 0 saturated carbocycles. The van der Waals surface area contributed by atoms with Crippen LogP contribution in [0.2, 0.25) is 0 Å². The van der Waals surface area contributed by atoms with Crippen molar-refractivity contribution in [3.8, 4) is 5.75 Å². The van der Waals surface area contributed by atoms with Gasteiger partial charge in [0.05, 0.1) is 0 Å². The van der Waals surface area contributed by atoms with Gasteiger partial charge in [-0.15, -0.1) is 0 Å². The van der Waals surface area contributed by atoms with Crippen molar-refractivity contribution in [3.05, 3.63) is 54.3 Å². The van der Waals surface area contributed by atoms with Gasteiger partial charge in [0.1, 0.15) is 11.6 Å². The van der Waals surface area contributed by atoms with E-state index in [4.69, 9.17) is 4.74 Å². The molecule has 0 radical (unpaired) electrons. The number of halogens is 1. The molecule has 2 aromatic carbocycles. The van der Waals surface area contributed by atoms with Gasteiger partial charge in [-0.2, -0.15) is 0 Å². The monoisotopic (exact) mass is 342 g/mol. The van der Waals surface area contributed by atoms with Crippen LogP contribution in [0.4, 0.5) is 15.8 Å². The Labute approximate surface area is 147 Å². The molecule has 132 valence electrons. The lowest BCUT2D eigenvalue weighted by Crippen LogP contribution is -2.24. The number of carbonyl (C=O) groups excluding carboxylic acids is 1. The molecular formula is C20H23FN2O2. The molecule has 0 atom stereocenters. The van der Waals surface area contributed by atoms with Gasteiger partial charge in [0.2, 0.25) is 0 Å². The van der Waals surface area contributed by atoms with Gasteiger partial charge in [0, 0.05) is 30.5 Å². The fourth-order valence-corrected chi connectivity index (χ4v) is 2.99. The highest BCUT2D eigenvalue weighted by Gasteiger charge is 2.10. The summed E-state index contributed by atoms with van der Waals surface area (Å²) in [5, 5.41) is 2.79. The van der Waals surface area contributed by atoms with Crippen LogP contribution in [0.15, 0.2) is 48.5 Å². The number of nitrogens with zero attached hydrogens (tertiary/aromatic N) is 1. The molecule has 25 heavy (non-hydrogen) atoms. The van der Waals surface area contributed by atoms with Crippen molar-refractivity contribution in [2.75, 3.05) is 29.9 Å². The van der Waals surface area contributed by atoms with Crippen LogP contribution in [0.1, 0.15) is 25.7 Å². The predicted molar refractivity (Wildman–Crippen MR) is 97.6 cm³/mol. The van der Waals surface area contributed by atoms with Crippen LogP contribution < -0.4 is 15.0 Å². The van der Waals surface area contributed by atoms with E-state index in [2.05, 4.69) is 10.2 Å². The highest BCUT2D eigenvalue weighted by atomic mass is 19.1. The first kappa shape index (κ1) is 17.3. The minimum absolute atomic E-state index is 0.155. The molecular weight excluding hydrogens is 319 g/mol. The first-order valence-corrected chi connectivity index (χ1v) is 8.74. The van der Waals surface area contributed by atoms with Gasteiger partial charge < -0.3 is 15.0 Å². The van der Waals surface area contributed by atoms with Crippen molar-refractivity contribution in [1.82, 2.24) is 0 Å². The summed E-state index contributed by atoms with van der Waals surface area (Å²) in [6.07, 6.45) is 5.07. The summed E-state index contributed by atoms with van der Waals surface area (Å²) >= 11 is 0. The third-order valence-electron chi connectivity index (χ3n) is 4.29. The second-order valence-electron chi connectivity index (χ2n) is 6.24. The largest absolute Gasteiger partial charge is 0.484 e. The number of rotatable bonds is 5. The summed E-state index contributed by atoms with van der Waals surface area (Å²) in [6, 6.07) is 13.6. The van der Waals surface area contributed by atoms with Crippen molar-refractivity contribution < 1.29 is 13.9 Å². The summed E-state index contributed by atoms with van der Waals surface area (Å²) in [5.41, 5.74) is 1.92. The van der Waals surface area contributed by atoms with E-state index >= 15 is 0 Å². The van der Waals surface area contributed by atoms with Crippen LogP contribution in [0.5, 0.6) is 5.75 Å². The van der Waals surface area contributed by atoms with E-state index in [-0.39, 0.29) is 18.3 Å². The van der Waals surface area contributed by atoms with Gasteiger partial charge >= 0.3 is 0 Å². The second kappa shape index (κ2) is 8.51. The van der Waals surface area contributed by atoms with E-state index in [9.17, 15) is 9.18 Å². The average molecular weight is 342 g/mol. The Morgan fingerprint density at radius 2 is 1.76 bits per heavy atom. The SMILES string of the molecule is O=C(COc1cccc(F)c1)Nc1ccc(N2CCCCCC2)cc1. The van der Waals surface area contributed by atoms with Gasteiger partial charge in [-0.05, 0) is 49.2 Å². The van der Waals surface area contributed by atoms with Gasteiger partial charge in [-0.1, -0.05) is 18.9 Å². The number of ether oxygens (including phenoxy) is 1. The lowest BCUT2D eigenvalue weighted by atomic mass is 10.2. The zero-order valence-corrected chi connectivity index (χ0v) is 14.2. The first-order chi connectivity index (χ1) is 12.2. The minimum atomic E-state index is -0.387. The van der Waals surface area contributed by atoms with Crippen LogP contribution in [0.3, 0.4) is 0 Å². The Balaban J connectivity index is 1.51.